The predicted octanol–water partition coefficient (Wildman–Crippen LogP) is 5.64. The molecule has 0 radical (unpaired) electrons. The number of quaternary nitrogens is 1. The van der Waals surface area contributed by atoms with Gasteiger partial charge in [-0.1, -0.05) is 88.6 Å². The second kappa shape index (κ2) is 12.9. The van der Waals surface area contributed by atoms with Crippen LogP contribution in [0.25, 0.3) is 0 Å². The van der Waals surface area contributed by atoms with E-state index in [2.05, 4.69) is 26.1 Å². The minimum atomic E-state index is -0.703. The Labute approximate surface area is 154 Å². The highest BCUT2D eigenvalue weighted by atomic mass is 16.4. The number of aliphatic carboxylic acids is 1. The maximum Gasteiger partial charge on any atom is 0.359 e. The van der Waals surface area contributed by atoms with Crippen molar-refractivity contribution in [3.8, 4) is 0 Å². The molecule has 0 amide bonds. The van der Waals surface area contributed by atoms with E-state index in [1.54, 1.807) is 0 Å². The standard InChI is InChI=1S/C22H37NO2/c1-3-4-5-6-7-8-9-10-11-15-18-23(2,20-22(24)25)19-21-16-13-12-14-17-21/h12-14,16-17H,3-11,15,18-20H2,1-2H3/p+1. The molecule has 1 atom stereocenters. The van der Waals surface area contributed by atoms with Crippen LogP contribution in [0, 0.1) is 0 Å². The molecule has 0 spiro atoms. The van der Waals surface area contributed by atoms with Crippen LogP contribution in [0.1, 0.15) is 76.7 Å². The lowest BCUT2D eigenvalue weighted by atomic mass is 10.1. The van der Waals surface area contributed by atoms with E-state index in [4.69, 9.17) is 0 Å². The highest BCUT2D eigenvalue weighted by Gasteiger charge is 2.25. The Morgan fingerprint density at radius 3 is 1.92 bits per heavy atom. The van der Waals surface area contributed by atoms with Crippen LogP contribution in [0.5, 0.6) is 0 Å². The summed E-state index contributed by atoms with van der Waals surface area (Å²) in [7, 11) is 2.08. The molecular weight excluding hydrogens is 310 g/mol. The molecule has 1 unspecified atom stereocenters. The summed E-state index contributed by atoms with van der Waals surface area (Å²) >= 11 is 0. The highest BCUT2D eigenvalue weighted by Crippen LogP contribution is 2.16. The normalized spacial score (nSPS) is 13.5. The molecule has 3 heteroatoms. The first kappa shape index (κ1) is 21.7. The number of benzene rings is 1. The largest absolute Gasteiger partial charge is 0.477 e. The SMILES string of the molecule is CCCCCCCCCCCC[N+](C)(CC(=O)O)Cc1ccccc1. The van der Waals surface area contributed by atoms with Gasteiger partial charge in [-0.25, -0.2) is 4.79 Å². The van der Waals surface area contributed by atoms with E-state index in [0.29, 0.717) is 4.48 Å². The van der Waals surface area contributed by atoms with Crippen molar-refractivity contribution < 1.29 is 14.4 Å². The summed E-state index contributed by atoms with van der Waals surface area (Å²) in [6, 6.07) is 10.3. The maximum atomic E-state index is 11.3. The Balaban J connectivity index is 2.23. The highest BCUT2D eigenvalue weighted by molar-refractivity contribution is 5.67. The van der Waals surface area contributed by atoms with Crippen LogP contribution in [0.3, 0.4) is 0 Å². The molecule has 0 aliphatic rings. The van der Waals surface area contributed by atoms with Gasteiger partial charge >= 0.3 is 5.97 Å². The molecule has 1 aromatic carbocycles. The number of carbonyl (C=O) groups is 1. The van der Waals surface area contributed by atoms with Crippen LogP contribution in [0.4, 0.5) is 0 Å². The summed E-state index contributed by atoms with van der Waals surface area (Å²) in [5.41, 5.74) is 1.22. The van der Waals surface area contributed by atoms with E-state index >= 15 is 0 Å². The van der Waals surface area contributed by atoms with E-state index in [9.17, 15) is 9.90 Å². The number of likely N-dealkylation sites (N-methyl/N-ethyl adjacent to an activating group) is 1. The van der Waals surface area contributed by atoms with E-state index in [0.717, 1.165) is 19.5 Å². The fourth-order valence-corrected chi connectivity index (χ4v) is 3.55. The Hall–Kier alpha value is -1.35. The van der Waals surface area contributed by atoms with Crippen LogP contribution in [0.15, 0.2) is 30.3 Å². The lowest BCUT2D eigenvalue weighted by Gasteiger charge is -2.33. The van der Waals surface area contributed by atoms with E-state index in [-0.39, 0.29) is 6.54 Å². The molecule has 0 aliphatic heterocycles. The van der Waals surface area contributed by atoms with Gasteiger partial charge in [-0.2, -0.15) is 0 Å². The van der Waals surface area contributed by atoms with Gasteiger partial charge in [0.15, 0.2) is 6.54 Å². The summed E-state index contributed by atoms with van der Waals surface area (Å²) < 4.78 is 0.594. The van der Waals surface area contributed by atoms with Gasteiger partial charge in [0.25, 0.3) is 0 Å². The first-order chi connectivity index (χ1) is 12.1. The topological polar surface area (TPSA) is 37.3 Å². The van der Waals surface area contributed by atoms with E-state index < -0.39 is 5.97 Å². The Bertz CT molecular complexity index is 460. The molecule has 0 heterocycles. The van der Waals surface area contributed by atoms with Gasteiger partial charge in [-0.3, -0.25) is 0 Å². The van der Waals surface area contributed by atoms with Crippen molar-refractivity contribution in [2.45, 2.75) is 77.7 Å². The smallest absolute Gasteiger partial charge is 0.359 e. The zero-order valence-electron chi connectivity index (χ0n) is 16.4. The fourth-order valence-electron chi connectivity index (χ4n) is 3.55. The molecule has 0 saturated carbocycles. The molecule has 1 N–H and O–H groups in total. The molecule has 0 fully saturated rings. The first-order valence-corrected chi connectivity index (χ1v) is 10.1. The summed E-state index contributed by atoms with van der Waals surface area (Å²) in [6.07, 6.45) is 13.1. The molecule has 1 aromatic rings. The second-order valence-electron chi connectivity index (χ2n) is 7.72. The van der Waals surface area contributed by atoms with Gasteiger partial charge in [0.2, 0.25) is 0 Å². The van der Waals surface area contributed by atoms with Crippen molar-refractivity contribution in [3.63, 3.8) is 0 Å². The fraction of sp³-hybridized carbons (Fsp3) is 0.682. The van der Waals surface area contributed by atoms with Crippen molar-refractivity contribution >= 4 is 5.97 Å². The van der Waals surface area contributed by atoms with Crippen molar-refractivity contribution in [1.82, 2.24) is 0 Å². The van der Waals surface area contributed by atoms with E-state index in [1.807, 2.05) is 18.2 Å². The van der Waals surface area contributed by atoms with Crippen molar-refractivity contribution in [2.24, 2.45) is 0 Å². The minimum Gasteiger partial charge on any atom is -0.477 e. The van der Waals surface area contributed by atoms with Gasteiger partial charge in [0.05, 0.1) is 13.6 Å². The zero-order valence-corrected chi connectivity index (χ0v) is 16.4. The molecule has 1 rings (SSSR count). The summed E-state index contributed by atoms with van der Waals surface area (Å²) in [5, 5.41) is 9.27. The molecule has 0 aromatic heterocycles. The Morgan fingerprint density at radius 1 is 0.880 bits per heavy atom. The van der Waals surface area contributed by atoms with Gasteiger partial charge in [-0.15, -0.1) is 0 Å². The lowest BCUT2D eigenvalue weighted by Crippen LogP contribution is -2.47. The van der Waals surface area contributed by atoms with Crippen LogP contribution >= 0.6 is 0 Å². The molecular formula is C22H38NO2+. The summed E-state index contributed by atoms with van der Waals surface area (Å²) in [4.78, 5) is 11.3. The monoisotopic (exact) mass is 348 g/mol. The Morgan fingerprint density at radius 2 is 1.40 bits per heavy atom. The third-order valence-corrected chi connectivity index (χ3v) is 4.98. The zero-order chi connectivity index (χ0) is 18.4. The van der Waals surface area contributed by atoms with E-state index in [1.165, 1.54) is 63.4 Å². The van der Waals surface area contributed by atoms with Crippen molar-refractivity contribution in [2.75, 3.05) is 20.1 Å². The number of hydrogen-bond acceptors (Lipinski definition) is 1. The van der Waals surface area contributed by atoms with Gasteiger partial charge in [-0.05, 0) is 12.8 Å². The average molecular weight is 349 g/mol. The van der Waals surface area contributed by atoms with Crippen molar-refractivity contribution in [1.29, 1.82) is 0 Å². The summed E-state index contributed by atoms with van der Waals surface area (Å²) in [5.74, 6) is -0.703. The maximum absolute atomic E-state index is 11.3. The van der Waals surface area contributed by atoms with Gasteiger partial charge in [0.1, 0.15) is 6.54 Å². The number of rotatable bonds is 15. The Kier molecular flexibility index (Phi) is 11.2. The number of carboxylic acid groups (broad SMARTS) is 1. The lowest BCUT2D eigenvalue weighted by molar-refractivity contribution is -0.915. The number of hydrogen-bond donors (Lipinski definition) is 1. The number of nitrogens with zero attached hydrogens (tertiary/aromatic N) is 1. The van der Waals surface area contributed by atoms with Crippen LogP contribution in [-0.4, -0.2) is 35.7 Å². The molecule has 0 saturated heterocycles. The number of carboxylic acids is 1. The molecule has 142 valence electrons. The average Bonchev–Trinajstić information content (AvgIpc) is 2.56. The molecule has 25 heavy (non-hydrogen) atoms. The second-order valence-corrected chi connectivity index (χ2v) is 7.72. The number of unbranched alkanes of at least 4 members (excludes halogenated alkanes) is 9. The quantitative estimate of drug-likeness (QED) is 0.329. The third-order valence-electron chi connectivity index (χ3n) is 4.98. The first-order valence-electron chi connectivity index (χ1n) is 10.1. The molecule has 0 aliphatic carbocycles. The van der Waals surface area contributed by atoms with Gasteiger partial charge < -0.3 is 9.59 Å². The molecule has 0 bridgehead atoms. The molecule has 3 nitrogen and oxygen atoms in total. The third kappa shape index (κ3) is 11.0. The summed E-state index contributed by atoms with van der Waals surface area (Å²) in [6.45, 7) is 4.20. The van der Waals surface area contributed by atoms with Crippen LogP contribution in [-0.2, 0) is 11.3 Å². The van der Waals surface area contributed by atoms with Crippen LogP contribution in [0.2, 0.25) is 0 Å². The van der Waals surface area contributed by atoms with Crippen LogP contribution < -0.4 is 0 Å². The van der Waals surface area contributed by atoms with Crippen molar-refractivity contribution in [3.05, 3.63) is 35.9 Å². The minimum absolute atomic E-state index is 0.201. The predicted molar refractivity (Wildman–Crippen MR) is 106 cm³/mol. The van der Waals surface area contributed by atoms with Gasteiger partial charge in [0, 0.05) is 5.56 Å².